The van der Waals surface area contributed by atoms with Crippen molar-refractivity contribution in [2.24, 2.45) is 0 Å². The molecule has 1 aliphatic heterocycles. The van der Waals surface area contributed by atoms with E-state index in [1.807, 2.05) is 25.2 Å². The van der Waals surface area contributed by atoms with Crippen molar-refractivity contribution in [3.63, 3.8) is 0 Å². The highest BCUT2D eigenvalue weighted by Crippen LogP contribution is 2.28. The molecular formula is C16H19NO4. The van der Waals surface area contributed by atoms with Crippen LogP contribution in [-0.4, -0.2) is 42.3 Å². The van der Waals surface area contributed by atoms with Crippen molar-refractivity contribution in [2.45, 2.75) is 25.4 Å². The van der Waals surface area contributed by atoms with E-state index in [0.717, 1.165) is 37.0 Å². The van der Waals surface area contributed by atoms with Crippen molar-refractivity contribution in [3.8, 4) is 0 Å². The highest BCUT2D eigenvalue weighted by molar-refractivity contribution is 5.95. The molecule has 0 aliphatic carbocycles. The Morgan fingerprint density at radius 3 is 2.76 bits per heavy atom. The summed E-state index contributed by atoms with van der Waals surface area (Å²) in [7, 11) is 2.03. The minimum Gasteiger partial charge on any atom is -0.475 e. The van der Waals surface area contributed by atoms with Gasteiger partial charge < -0.3 is 14.3 Å². The van der Waals surface area contributed by atoms with Crippen LogP contribution in [0, 0.1) is 0 Å². The molecule has 2 heterocycles. The maximum absolute atomic E-state index is 11.4. The number of carbonyl (C=O) groups is 1. The van der Waals surface area contributed by atoms with Gasteiger partial charge in [-0.05, 0) is 26.0 Å². The first-order valence-corrected chi connectivity index (χ1v) is 7.18. The van der Waals surface area contributed by atoms with Gasteiger partial charge in [0.15, 0.2) is 0 Å². The number of nitrogens with zero attached hydrogens (tertiary/aromatic N) is 1. The molecule has 0 radical (unpaired) electrons. The van der Waals surface area contributed by atoms with E-state index in [-0.39, 0.29) is 5.76 Å². The molecule has 1 saturated heterocycles. The first-order chi connectivity index (χ1) is 10.2. The van der Waals surface area contributed by atoms with Gasteiger partial charge in [0.2, 0.25) is 5.76 Å². The fourth-order valence-corrected chi connectivity index (χ4v) is 2.93. The number of benzene rings is 1. The molecule has 21 heavy (non-hydrogen) atoms. The number of furan rings is 1. The van der Waals surface area contributed by atoms with Crippen LogP contribution in [0.3, 0.4) is 0 Å². The molecule has 5 nitrogen and oxygen atoms in total. The first-order valence-electron chi connectivity index (χ1n) is 7.18. The monoisotopic (exact) mass is 289 g/mol. The molecule has 0 unspecified atom stereocenters. The van der Waals surface area contributed by atoms with Crippen LogP contribution in [0.25, 0.3) is 11.0 Å². The second-order valence-electron chi connectivity index (χ2n) is 5.47. The fourth-order valence-electron chi connectivity index (χ4n) is 2.93. The zero-order valence-electron chi connectivity index (χ0n) is 12.0. The van der Waals surface area contributed by atoms with Gasteiger partial charge in [-0.15, -0.1) is 0 Å². The molecule has 0 bridgehead atoms. The van der Waals surface area contributed by atoms with Gasteiger partial charge in [-0.1, -0.05) is 18.2 Å². The minimum atomic E-state index is -1.01. The third-order valence-corrected chi connectivity index (χ3v) is 4.11. The van der Waals surface area contributed by atoms with E-state index in [1.165, 1.54) is 0 Å². The van der Waals surface area contributed by atoms with Crippen molar-refractivity contribution in [1.82, 2.24) is 4.90 Å². The molecule has 112 valence electrons. The number of para-hydroxylation sites is 1. The zero-order valence-corrected chi connectivity index (χ0v) is 12.0. The summed E-state index contributed by atoms with van der Waals surface area (Å²) >= 11 is 0. The molecule has 0 amide bonds. The van der Waals surface area contributed by atoms with Gasteiger partial charge in [0.1, 0.15) is 5.58 Å². The third-order valence-electron chi connectivity index (χ3n) is 4.11. The van der Waals surface area contributed by atoms with Gasteiger partial charge in [0.05, 0.1) is 0 Å². The lowest BCUT2D eigenvalue weighted by molar-refractivity contribution is 0.0403. The fraction of sp³-hybridized carbons (Fsp3) is 0.438. The molecule has 1 aromatic carbocycles. The van der Waals surface area contributed by atoms with Crippen LogP contribution in [0.1, 0.15) is 29.0 Å². The van der Waals surface area contributed by atoms with Gasteiger partial charge in [-0.3, -0.25) is 4.90 Å². The Labute approximate surface area is 123 Å². The van der Waals surface area contributed by atoms with Crippen molar-refractivity contribution in [3.05, 3.63) is 35.6 Å². The Morgan fingerprint density at radius 1 is 1.33 bits per heavy atom. The van der Waals surface area contributed by atoms with Crippen molar-refractivity contribution in [1.29, 1.82) is 0 Å². The number of fused-ring (bicyclic) bond motifs is 1. The smallest absolute Gasteiger partial charge is 0.372 e. The highest BCUT2D eigenvalue weighted by Gasteiger charge is 2.24. The van der Waals surface area contributed by atoms with E-state index >= 15 is 0 Å². The van der Waals surface area contributed by atoms with Gasteiger partial charge >= 0.3 is 5.97 Å². The predicted molar refractivity (Wildman–Crippen MR) is 78.5 cm³/mol. The maximum Gasteiger partial charge on any atom is 0.372 e. The number of carboxylic acid groups (broad SMARTS) is 1. The standard InChI is InChI=1S/C16H19NO4/c1-17(11-6-8-20-9-7-11)10-13-12-4-2-3-5-14(12)21-15(13)16(18)19/h2-5,11H,6-10H2,1H3,(H,18,19). The van der Waals surface area contributed by atoms with Crippen LogP contribution in [0.2, 0.25) is 0 Å². The largest absolute Gasteiger partial charge is 0.475 e. The van der Waals surface area contributed by atoms with E-state index in [0.29, 0.717) is 18.2 Å². The minimum absolute atomic E-state index is 0.0510. The number of hydrogen-bond donors (Lipinski definition) is 1. The summed E-state index contributed by atoms with van der Waals surface area (Å²) in [6, 6.07) is 7.90. The summed E-state index contributed by atoms with van der Waals surface area (Å²) in [6.45, 7) is 2.11. The summed E-state index contributed by atoms with van der Waals surface area (Å²) in [4.78, 5) is 13.6. The first kappa shape index (κ1) is 14.1. The molecule has 0 spiro atoms. The van der Waals surface area contributed by atoms with E-state index in [4.69, 9.17) is 9.15 Å². The number of carboxylic acids is 1. The number of ether oxygens (including phenoxy) is 1. The van der Waals surface area contributed by atoms with Crippen molar-refractivity contribution < 1.29 is 19.1 Å². The van der Waals surface area contributed by atoms with Crippen molar-refractivity contribution >= 4 is 16.9 Å². The second kappa shape index (κ2) is 5.87. The Balaban J connectivity index is 1.91. The Kier molecular flexibility index (Phi) is 3.94. The van der Waals surface area contributed by atoms with Gasteiger partial charge in [-0.2, -0.15) is 0 Å². The number of aromatic carboxylic acids is 1. The molecule has 1 fully saturated rings. The summed E-state index contributed by atoms with van der Waals surface area (Å²) in [6.07, 6.45) is 1.96. The number of hydrogen-bond acceptors (Lipinski definition) is 4. The van der Waals surface area contributed by atoms with E-state index in [2.05, 4.69) is 4.90 Å². The van der Waals surface area contributed by atoms with E-state index in [9.17, 15) is 9.90 Å². The second-order valence-corrected chi connectivity index (χ2v) is 5.47. The molecule has 2 aromatic rings. The van der Waals surface area contributed by atoms with Gasteiger partial charge in [-0.25, -0.2) is 4.79 Å². The number of rotatable bonds is 4. The molecular weight excluding hydrogens is 270 g/mol. The quantitative estimate of drug-likeness (QED) is 0.937. The topological polar surface area (TPSA) is 62.9 Å². The van der Waals surface area contributed by atoms with E-state index in [1.54, 1.807) is 6.07 Å². The Bertz CT molecular complexity index is 643. The van der Waals surface area contributed by atoms with Crippen LogP contribution in [0.15, 0.2) is 28.7 Å². The maximum atomic E-state index is 11.4. The summed E-state index contributed by atoms with van der Waals surface area (Å²) in [5.41, 5.74) is 1.39. The van der Waals surface area contributed by atoms with Gasteiger partial charge in [0.25, 0.3) is 0 Å². The third kappa shape index (κ3) is 2.80. The molecule has 5 heteroatoms. The SMILES string of the molecule is CN(Cc1c(C(=O)O)oc2ccccc12)C1CCOCC1. The average Bonchev–Trinajstić information content (AvgIpc) is 2.87. The highest BCUT2D eigenvalue weighted by atomic mass is 16.5. The molecule has 1 aliphatic rings. The lowest BCUT2D eigenvalue weighted by Gasteiger charge is -2.31. The molecule has 1 N–H and O–H groups in total. The Morgan fingerprint density at radius 2 is 2.05 bits per heavy atom. The molecule has 0 saturated carbocycles. The van der Waals surface area contributed by atoms with Crippen LogP contribution in [-0.2, 0) is 11.3 Å². The van der Waals surface area contributed by atoms with Crippen LogP contribution in [0.5, 0.6) is 0 Å². The molecule has 3 rings (SSSR count). The Hall–Kier alpha value is -1.85. The normalized spacial score (nSPS) is 16.7. The lowest BCUT2D eigenvalue weighted by Crippen LogP contribution is -2.36. The van der Waals surface area contributed by atoms with Gasteiger partial charge in [0, 0.05) is 36.8 Å². The van der Waals surface area contributed by atoms with Crippen LogP contribution < -0.4 is 0 Å². The molecule has 0 atom stereocenters. The van der Waals surface area contributed by atoms with Crippen molar-refractivity contribution in [2.75, 3.05) is 20.3 Å². The predicted octanol–water partition coefficient (Wildman–Crippen LogP) is 2.74. The summed E-state index contributed by atoms with van der Waals surface area (Å²) < 4.78 is 10.9. The molecule has 1 aromatic heterocycles. The van der Waals surface area contributed by atoms with Crippen LogP contribution in [0.4, 0.5) is 0 Å². The zero-order chi connectivity index (χ0) is 14.8. The average molecular weight is 289 g/mol. The van der Waals surface area contributed by atoms with Crippen LogP contribution >= 0.6 is 0 Å². The lowest BCUT2D eigenvalue weighted by atomic mass is 10.1. The summed E-state index contributed by atoms with van der Waals surface area (Å²) in [5.74, 6) is -0.961. The summed E-state index contributed by atoms with van der Waals surface area (Å²) in [5, 5.41) is 10.2. The van der Waals surface area contributed by atoms with E-state index < -0.39 is 5.97 Å².